The van der Waals surface area contributed by atoms with E-state index in [1.54, 1.807) is 14.0 Å². The first kappa shape index (κ1) is 15.5. The third-order valence-electron chi connectivity index (χ3n) is 3.32. The van der Waals surface area contributed by atoms with Gasteiger partial charge in [-0.3, -0.25) is 4.79 Å². The Bertz CT molecular complexity index is 593. The Morgan fingerprint density at radius 3 is 2.81 bits per heavy atom. The summed E-state index contributed by atoms with van der Waals surface area (Å²) >= 11 is 1.52. The standard InChI is InChI=1S/C16H19NO3S/c1-16(19,13-7-8-21-10-13)11-17-15(18)9-12-5-3-4-6-14(12)20-2/h3-8,10,19H,9,11H2,1-2H3,(H,17,18). The zero-order valence-corrected chi connectivity index (χ0v) is 12.9. The number of ether oxygens (including phenoxy) is 1. The molecule has 2 aromatic rings. The number of thiophene rings is 1. The number of hydrogen-bond acceptors (Lipinski definition) is 4. The van der Waals surface area contributed by atoms with Gasteiger partial charge in [0.1, 0.15) is 11.4 Å². The number of amides is 1. The van der Waals surface area contributed by atoms with Crippen molar-refractivity contribution in [3.63, 3.8) is 0 Å². The van der Waals surface area contributed by atoms with Crippen LogP contribution in [0.2, 0.25) is 0 Å². The van der Waals surface area contributed by atoms with Crippen LogP contribution in [0.3, 0.4) is 0 Å². The summed E-state index contributed by atoms with van der Waals surface area (Å²) in [5.74, 6) is 0.548. The van der Waals surface area contributed by atoms with Crippen molar-refractivity contribution >= 4 is 17.2 Å². The van der Waals surface area contributed by atoms with Crippen LogP contribution in [0.4, 0.5) is 0 Å². The fourth-order valence-corrected chi connectivity index (χ4v) is 2.81. The number of aliphatic hydroxyl groups is 1. The maximum absolute atomic E-state index is 12.0. The van der Waals surface area contributed by atoms with Crippen LogP contribution in [0, 0.1) is 0 Å². The van der Waals surface area contributed by atoms with E-state index in [0.29, 0.717) is 5.75 Å². The lowest BCUT2D eigenvalue weighted by Gasteiger charge is -2.22. The number of methoxy groups -OCH3 is 1. The second kappa shape index (κ2) is 6.74. The summed E-state index contributed by atoms with van der Waals surface area (Å²) in [7, 11) is 1.58. The molecular formula is C16H19NO3S. The minimum Gasteiger partial charge on any atom is -0.496 e. The molecule has 0 fully saturated rings. The lowest BCUT2D eigenvalue weighted by atomic mass is 9.99. The molecule has 21 heavy (non-hydrogen) atoms. The van der Waals surface area contributed by atoms with E-state index in [1.165, 1.54) is 11.3 Å². The molecule has 0 bridgehead atoms. The maximum atomic E-state index is 12.0. The van der Waals surface area contributed by atoms with Crippen LogP contribution in [0.1, 0.15) is 18.1 Å². The van der Waals surface area contributed by atoms with Crippen molar-refractivity contribution in [3.8, 4) is 5.75 Å². The second-order valence-corrected chi connectivity index (χ2v) is 5.83. The van der Waals surface area contributed by atoms with Gasteiger partial charge in [-0.25, -0.2) is 0 Å². The smallest absolute Gasteiger partial charge is 0.224 e. The van der Waals surface area contributed by atoms with E-state index < -0.39 is 5.60 Å². The molecule has 1 aromatic heterocycles. The minimum absolute atomic E-state index is 0.144. The van der Waals surface area contributed by atoms with Gasteiger partial charge in [-0.1, -0.05) is 18.2 Å². The minimum atomic E-state index is -1.06. The average molecular weight is 305 g/mol. The maximum Gasteiger partial charge on any atom is 0.224 e. The third-order valence-corrected chi connectivity index (χ3v) is 4.00. The van der Waals surface area contributed by atoms with E-state index >= 15 is 0 Å². The lowest BCUT2D eigenvalue weighted by Crippen LogP contribution is -2.39. The Morgan fingerprint density at radius 2 is 2.14 bits per heavy atom. The van der Waals surface area contributed by atoms with Crippen LogP contribution < -0.4 is 10.1 Å². The van der Waals surface area contributed by atoms with Gasteiger partial charge >= 0.3 is 0 Å². The molecule has 4 nitrogen and oxygen atoms in total. The molecule has 0 aliphatic heterocycles. The van der Waals surface area contributed by atoms with Crippen molar-refractivity contribution in [2.24, 2.45) is 0 Å². The number of rotatable bonds is 6. The molecular weight excluding hydrogens is 286 g/mol. The Morgan fingerprint density at radius 1 is 1.38 bits per heavy atom. The normalized spacial score (nSPS) is 13.5. The fraction of sp³-hybridized carbons (Fsp3) is 0.312. The van der Waals surface area contributed by atoms with Gasteiger partial charge in [0.2, 0.25) is 5.91 Å². The summed E-state index contributed by atoms with van der Waals surface area (Å²) in [5, 5.41) is 16.9. The molecule has 2 N–H and O–H groups in total. The van der Waals surface area contributed by atoms with Gasteiger partial charge in [-0.05, 0) is 35.4 Å². The third kappa shape index (κ3) is 4.06. The van der Waals surface area contributed by atoms with Crippen LogP contribution in [0.5, 0.6) is 5.75 Å². The van der Waals surface area contributed by atoms with Crippen molar-refractivity contribution in [3.05, 3.63) is 52.2 Å². The molecule has 2 rings (SSSR count). The number of carbonyl (C=O) groups is 1. The molecule has 0 aliphatic rings. The van der Waals surface area contributed by atoms with Gasteiger partial charge in [-0.15, -0.1) is 0 Å². The highest BCUT2D eigenvalue weighted by Crippen LogP contribution is 2.22. The predicted octanol–water partition coefficient (Wildman–Crippen LogP) is 2.32. The quantitative estimate of drug-likeness (QED) is 0.861. The summed E-state index contributed by atoms with van der Waals surface area (Å²) in [5.41, 5.74) is 0.578. The largest absolute Gasteiger partial charge is 0.496 e. The highest BCUT2D eigenvalue weighted by molar-refractivity contribution is 7.08. The molecule has 5 heteroatoms. The fourth-order valence-electron chi connectivity index (χ4n) is 2.03. The van der Waals surface area contributed by atoms with Crippen LogP contribution >= 0.6 is 11.3 Å². The van der Waals surface area contributed by atoms with Gasteiger partial charge in [0, 0.05) is 5.56 Å². The molecule has 0 radical (unpaired) electrons. The van der Waals surface area contributed by atoms with E-state index in [-0.39, 0.29) is 18.9 Å². The Labute approximate surface area is 128 Å². The highest BCUT2D eigenvalue weighted by atomic mass is 32.1. The molecule has 0 saturated carbocycles. The molecule has 0 saturated heterocycles. The van der Waals surface area contributed by atoms with Gasteiger partial charge < -0.3 is 15.2 Å². The van der Waals surface area contributed by atoms with Gasteiger partial charge in [-0.2, -0.15) is 11.3 Å². The zero-order valence-electron chi connectivity index (χ0n) is 12.1. The molecule has 1 aromatic carbocycles. The second-order valence-electron chi connectivity index (χ2n) is 5.05. The summed E-state index contributed by atoms with van der Waals surface area (Å²) in [6.45, 7) is 1.87. The molecule has 0 aliphatic carbocycles. The van der Waals surface area contributed by atoms with Crippen LogP contribution in [-0.4, -0.2) is 24.7 Å². The molecule has 112 valence electrons. The van der Waals surface area contributed by atoms with Crippen LogP contribution in [0.25, 0.3) is 0 Å². The Kier molecular flexibility index (Phi) is 4.98. The van der Waals surface area contributed by atoms with E-state index in [2.05, 4.69) is 5.32 Å². The van der Waals surface area contributed by atoms with Crippen molar-refractivity contribution in [1.82, 2.24) is 5.32 Å². The molecule has 1 unspecified atom stereocenters. The van der Waals surface area contributed by atoms with E-state index in [1.807, 2.05) is 41.1 Å². The lowest BCUT2D eigenvalue weighted by molar-refractivity contribution is -0.121. The monoisotopic (exact) mass is 305 g/mol. The summed E-state index contributed by atoms with van der Waals surface area (Å²) in [6, 6.07) is 9.27. The first-order valence-electron chi connectivity index (χ1n) is 6.66. The first-order valence-corrected chi connectivity index (χ1v) is 7.61. The van der Waals surface area contributed by atoms with Gasteiger partial charge in [0.25, 0.3) is 0 Å². The summed E-state index contributed by atoms with van der Waals surface area (Å²) in [4.78, 5) is 12.0. The average Bonchev–Trinajstić information content (AvgIpc) is 3.01. The molecule has 1 amide bonds. The van der Waals surface area contributed by atoms with E-state index in [9.17, 15) is 9.90 Å². The molecule has 1 atom stereocenters. The number of para-hydroxylation sites is 1. The van der Waals surface area contributed by atoms with Crippen molar-refractivity contribution in [2.75, 3.05) is 13.7 Å². The van der Waals surface area contributed by atoms with Crippen LogP contribution in [0.15, 0.2) is 41.1 Å². The van der Waals surface area contributed by atoms with Crippen molar-refractivity contribution in [2.45, 2.75) is 18.9 Å². The first-order chi connectivity index (χ1) is 10.0. The zero-order chi connectivity index (χ0) is 15.3. The molecule has 1 heterocycles. The van der Waals surface area contributed by atoms with Crippen molar-refractivity contribution in [1.29, 1.82) is 0 Å². The van der Waals surface area contributed by atoms with Gasteiger partial charge in [0.05, 0.1) is 20.1 Å². The number of carbonyl (C=O) groups excluding carboxylic acids is 1. The number of nitrogens with one attached hydrogen (secondary N) is 1. The Hall–Kier alpha value is -1.85. The summed E-state index contributed by atoms with van der Waals surface area (Å²) < 4.78 is 5.22. The van der Waals surface area contributed by atoms with Crippen LogP contribution in [-0.2, 0) is 16.8 Å². The summed E-state index contributed by atoms with van der Waals surface area (Å²) in [6.07, 6.45) is 0.226. The van der Waals surface area contributed by atoms with Gasteiger partial charge in [0.15, 0.2) is 0 Å². The highest BCUT2D eigenvalue weighted by Gasteiger charge is 2.24. The van der Waals surface area contributed by atoms with E-state index in [0.717, 1.165) is 11.1 Å². The molecule has 0 spiro atoms. The topological polar surface area (TPSA) is 58.6 Å². The predicted molar refractivity (Wildman–Crippen MR) is 83.6 cm³/mol. The number of hydrogen-bond donors (Lipinski definition) is 2. The Balaban J connectivity index is 1.93. The number of benzene rings is 1. The van der Waals surface area contributed by atoms with E-state index in [4.69, 9.17) is 4.74 Å². The van der Waals surface area contributed by atoms with Crippen molar-refractivity contribution < 1.29 is 14.6 Å². The SMILES string of the molecule is COc1ccccc1CC(=O)NCC(C)(O)c1ccsc1.